The molecule has 1 rings (SSSR count). The Labute approximate surface area is 127 Å². The van der Waals surface area contributed by atoms with Crippen molar-refractivity contribution < 1.29 is 13.2 Å². The molecule has 20 heavy (non-hydrogen) atoms. The molecule has 1 aromatic carbocycles. The van der Waals surface area contributed by atoms with E-state index in [0.717, 1.165) is 25.7 Å². The molecule has 0 fully saturated rings. The molecular formula is C15H23ClO3S. The number of rotatable bonds is 7. The first-order valence-electron chi connectivity index (χ1n) is 6.88. The van der Waals surface area contributed by atoms with Gasteiger partial charge in [0.1, 0.15) is 9.84 Å². The van der Waals surface area contributed by atoms with Crippen LogP contribution in [0.1, 0.15) is 49.9 Å². The lowest BCUT2D eigenvalue weighted by Crippen LogP contribution is -2.10. The van der Waals surface area contributed by atoms with E-state index in [9.17, 15) is 13.2 Å². The van der Waals surface area contributed by atoms with E-state index in [-0.39, 0.29) is 0 Å². The first kappa shape index (κ1) is 19.1. The fourth-order valence-corrected chi connectivity index (χ4v) is 3.19. The highest BCUT2D eigenvalue weighted by molar-refractivity contribution is 7.91. The van der Waals surface area contributed by atoms with Crippen LogP contribution in [0.25, 0.3) is 0 Å². The van der Waals surface area contributed by atoms with Crippen LogP contribution >= 0.6 is 11.6 Å². The number of carbonyl (C=O) groups excluding carboxylic acids is 1. The molecule has 0 radical (unpaired) electrons. The van der Waals surface area contributed by atoms with Gasteiger partial charge in [-0.05, 0) is 24.4 Å². The molecule has 0 aliphatic carbocycles. The van der Waals surface area contributed by atoms with Gasteiger partial charge < -0.3 is 0 Å². The second-order valence-corrected chi connectivity index (χ2v) is 7.15. The Kier molecular flexibility index (Phi) is 10.4. The van der Waals surface area contributed by atoms with Gasteiger partial charge in [0.15, 0.2) is 0 Å². The molecule has 0 heterocycles. The van der Waals surface area contributed by atoms with Crippen molar-refractivity contribution in [3.05, 3.63) is 35.9 Å². The maximum Gasteiger partial charge on any atom is 0.252 e. The van der Waals surface area contributed by atoms with E-state index < -0.39 is 15.1 Å². The van der Waals surface area contributed by atoms with E-state index in [1.807, 2.05) is 19.9 Å². The Morgan fingerprint density at radius 3 is 1.75 bits per heavy atom. The van der Waals surface area contributed by atoms with Crippen molar-refractivity contribution in [2.75, 3.05) is 11.5 Å². The fraction of sp³-hybridized carbons (Fsp3) is 0.533. The molecule has 0 amide bonds. The predicted molar refractivity (Wildman–Crippen MR) is 85.1 cm³/mol. The Balaban J connectivity index is 0.000000367. The van der Waals surface area contributed by atoms with E-state index in [4.69, 9.17) is 11.6 Å². The highest BCUT2D eigenvalue weighted by atomic mass is 35.5. The number of sulfone groups is 1. The second-order valence-electron chi connectivity index (χ2n) is 4.50. The van der Waals surface area contributed by atoms with Crippen LogP contribution in [0.15, 0.2) is 30.3 Å². The molecule has 0 saturated carbocycles. The molecule has 0 N–H and O–H groups in total. The lowest BCUT2D eigenvalue weighted by molar-refractivity contribution is 0.108. The van der Waals surface area contributed by atoms with Crippen molar-refractivity contribution in [3.63, 3.8) is 0 Å². The third-order valence-electron chi connectivity index (χ3n) is 2.62. The predicted octanol–water partition coefficient (Wildman–Crippen LogP) is 4.07. The summed E-state index contributed by atoms with van der Waals surface area (Å²) in [6.45, 7) is 4.02. The van der Waals surface area contributed by atoms with E-state index in [2.05, 4.69) is 0 Å². The Hall–Kier alpha value is -0.870. The SMILES string of the molecule is CCCCS(=O)(=O)CCCC.O=C(Cl)c1ccccc1. The smallest absolute Gasteiger partial charge is 0.252 e. The van der Waals surface area contributed by atoms with Crippen LogP contribution in [0.4, 0.5) is 0 Å². The molecular weight excluding hydrogens is 296 g/mol. The fourth-order valence-electron chi connectivity index (χ4n) is 1.40. The van der Waals surface area contributed by atoms with E-state index in [1.54, 1.807) is 24.3 Å². The molecule has 0 aliphatic heterocycles. The van der Waals surface area contributed by atoms with Crippen molar-refractivity contribution in [2.45, 2.75) is 39.5 Å². The molecule has 0 aromatic heterocycles. The molecule has 1 aromatic rings. The maximum atomic E-state index is 11.1. The van der Waals surface area contributed by atoms with Crippen molar-refractivity contribution in [2.24, 2.45) is 0 Å². The third kappa shape index (κ3) is 9.98. The summed E-state index contributed by atoms with van der Waals surface area (Å²) in [4.78, 5) is 10.4. The third-order valence-corrected chi connectivity index (χ3v) is 4.66. The highest BCUT2D eigenvalue weighted by Crippen LogP contribution is 2.01. The van der Waals surface area contributed by atoms with Crippen LogP contribution in [0.2, 0.25) is 0 Å². The Morgan fingerprint density at radius 1 is 1.00 bits per heavy atom. The van der Waals surface area contributed by atoms with Gasteiger partial charge in [0, 0.05) is 5.56 Å². The van der Waals surface area contributed by atoms with Crippen LogP contribution < -0.4 is 0 Å². The van der Waals surface area contributed by atoms with Crippen LogP contribution in [0.3, 0.4) is 0 Å². The zero-order valence-corrected chi connectivity index (χ0v) is 13.7. The summed E-state index contributed by atoms with van der Waals surface area (Å²) in [5.74, 6) is 0.757. The molecule has 0 spiro atoms. The highest BCUT2D eigenvalue weighted by Gasteiger charge is 2.07. The summed E-state index contributed by atoms with van der Waals surface area (Å²) in [5, 5.41) is -0.407. The van der Waals surface area contributed by atoms with Gasteiger partial charge in [-0.3, -0.25) is 4.79 Å². The number of hydrogen-bond donors (Lipinski definition) is 0. The summed E-state index contributed by atoms with van der Waals surface area (Å²) in [6.07, 6.45) is 3.55. The average Bonchev–Trinajstić information content (AvgIpc) is 2.45. The zero-order chi connectivity index (χ0) is 15.4. The van der Waals surface area contributed by atoms with Gasteiger partial charge >= 0.3 is 0 Å². The van der Waals surface area contributed by atoms with Gasteiger partial charge in [0.05, 0.1) is 11.5 Å². The quantitative estimate of drug-likeness (QED) is 0.712. The summed E-state index contributed by atoms with van der Waals surface area (Å²) < 4.78 is 22.3. The van der Waals surface area contributed by atoms with Crippen LogP contribution in [-0.4, -0.2) is 25.2 Å². The number of hydrogen-bond acceptors (Lipinski definition) is 3. The van der Waals surface area contributed by atoms with Crippen LogP contribution in [-0.2, 0) is 9.84 Å². The van der Waals surface area contributed by atoms with Crippen molar-refractivity contribution >= 4 is 26.7 Å². The Bertz CT molecular complexity index is 455. The molecule has 0 saturated heterocycles. The average molecular weight is 319 g/mol. The second kappa shape index (κ2) is 10.9. The van der Waals surface area contributed by atoms with E-state index in [0.29, 0.717) is 17.1 Å². The monoisotopic (exact) mass is 318 g/mol. The number of benzene rings is 1. The minimum atomic E-state index is -2.71. The lowest BCUT2D eigenvalue weighted by Gasteiger charge is -2.00. The van der Waals surface area contributed by atoms with Crippen molar-refractivity contribution in [3.8, 4) is 0 Å². The topological polar surface area (TPSA) is 51.2 Å². The lowest BCUT2D eigenvalue weighted by atomic mass is 10.2. The molecule has 0 bridgehead atoms. The first-order valence-corrected chi connectivity index (χ1v) is 9.08. The van der Waals surface area contributed by atoms with Crippen molar-refractivity contribution in [1.82, 2.24) is 0 Å². The number of carbonyl (C=O) groups is 1. The largest absolute Gasteiger partial charge is 0.276 e. The van der Waals surface area contributed by atoms with Gasteiger partial charge in [0.25, 0.3) is 5.24 Å². The standard InChI is InChI=1S/C8H18O2S.C7H5ClO/c1-3-5-7-11(9,10)8-6-4-2;8-7(9)6-4-2-1-3-5-6/h3-8H2,1-2H3;1-5H. The molecule has 114 valence electrons. The van der Waals surface area contributed by atoms with Crippen LogP contribution in [0, 0.1) is 0 Å². The number of unbranched alkanes of at least 4 members (excludes halogenated alkanes) is 2. The van der Waals surface area contributed by atoms with Crippen LogP contribution in [0.5, 0.6) is 0 Å². The minimum Gasteiger partial charge on any atom is -0.276 e. The zero-order valence-electron chi connectivity index (χ0n) is 12.1. The minimum absolute atomic E-state index is 0.378. The van der Waals surface area contributed by atoms with Gasteiger partial charge in [-0.15, -0.1) is 0 Å². The molecule has 0 unspecified atom stereocenters. The molecule has 3 nitrogen and oxygen atoms in total. The number of halogens is 1. The first-order chi connectivity index (χ1) is 9.43. The van der Waals surface area contributed by atoms with Gasteiger partial charge in [0.2, 0.25) is 0 Å². The summed E-state index contributed by atoms with van der Waals surface area (Å²) in [7, 11) is -2.71. The maximum absolute atomic E-state index is 11.1. The van der Waals surface area contributed by atoms with Gasteiger partial charge in [-0.25, -0.2) is 8.42 Å². The summed E-state index contributed by atoms with van der Waals surface area (Å²) in [5.41, 5.74) is 0.541. The van der Waals surface area contributed by atoms with E-state index >= 15 is 0 Å². The molecule has 5 heteroatoms. The normalized spacial score (nSPS) is 10.6. The van der Waals surface area contributed by atoms with E-state index in [1.165, 1.54) is 0 Å². The summed E-state index contributed by atoms with van der Waals surface area (Å²) in [6, 6.07) is 8.74. The Morgan fingerprint density at radius 2 is 1.45 bits per heavy atom. The molecule has 0 aliphatic rings. The van der Waals surface area contributed by atoms with Gasteiger partial charge in [-0.2, -0.15) is 0 Å². The summed E-state index contributed by atoms with van der Waals surface area (Å²) >= 11 is 5.16. The molecule has 0 atom stereocenters. The van der Waals surface area contributed by atoms with Gasteiger partial charge in [-0.1, -0.05) is 57.0 Å². The van der Waals surface area contributed by atoms with Crippen molar-refractivity contribution in [1.29, 1.82) is 0 Å².